The van der Waals surface area contributed by atoms with Crippen LogP contribution in [0.1, 0.15) is 12.5 Å². The van der Waals surface area contributed by atoms with Crippen LogP contribution in [0.2, 0.25) is 0 Å². The molecule has 4 nitrogen and oxygen atoms in total. The fraction of sp³-hybridized carbons (Fsp3) is 0.111. The average Bonchev–Trinajstić information content (AvgIpc) is 2.84. The molecule has 116 valence electrons. The molecule has 0 saturated heterocycles. The number of hydrogen-bond acceptors (Lipinski definition) is 3. The summed E-state index contributed by atoms with van der Waals surface area (Å²) in [7, 11) is 1.62. The Morgan fingerprint density at radius 3 is 2.61 bits per heavy atom. The highest BCUT2D eigenvalue weighted by Crippen LogP contribution is 2.26. The van der Waals surface area contributed by atoms with Crippen molar-refractivity contribution in [2.75, 3.05) is 12.1 Å². The average molecular weight is 418 g/mol. The minimum atomic E-state index is -0.119. The van der Waals surface area contributed by atoms with Gasteiger partial charge in [0.25, 0.3) is 5.91 Å². The first kappa shape index (κ1) is 15.7. The Balaban J connectivity index is 1.93. The van der Waals surface area contributed by atoms with Crippen LogP contribution in [0.5, 0.6) is 5.75 Å². The summed E-state index contributed by atoms with van der Waals surface area (Å²) in [5.41, 5.74) is 2.98. The molecular weight excluding hydrogens is 403 g/mol. The molecule has 1 heterocycles. The minimum absolute atomic E-state index is 0.119. The molecule has 1 aliphatic heterocycles. The highest BCUT2D eigenvalue weighted by Gasteiger charge is 2.28. The van der Waals surface area contributed by atoms with Gasteiger partial charge in [-0.25, -0.2) is 0 Å². The predicted octanol–water partition coefficient (Wildman–Crippen LogP) is 4.11. The number of nitrogens with zero attached hydrogens (tertiary/aromatic N) is 2. The Morgan fingerprint density at radius 1 is 1.17 bits per heavy atom. The summed E-state index contributed by atoms with van der Waals surface area (Å²) in [6.45, 7) is 1.84. The van der Waals surface area contributed by atoms with E-state index in [1.54, 1.807) is 7.11 Å². The second-order valence-electron chi connectivity index (χ2n) is 5.11. The number of hydrazone groups is 1. The summed E-state index contributed by atoms with van der Waals surface area (Å²) in [4.78, 5) is 12.7. The molecule has 0 bridgehead atoms. The van der Waals surface area contributed by atoms with Crippen molar-refractivity contribution in [3.8, 4) is 5.75 Å². The highest BCUT2D eigenvalue weighted by molar-refractivity contribution is 14.1. The molecular formula is C18H15IN2O2. The van der Waals surface area contributed by atoms with Gasteiger partial charge in [0.1, 0.15) is 5.75 Å². The van der Waals surface area contributed by atoms with Crippen LogP contribution in [0.3, 0.4) is 0 Å². The van der Waals surface area contributed by atoms with Crippen LogP contribution in [-0.2, 0) is 4.79 Å². The number of ether oxygens (including phenoxy) is 1. The first-order valence-electron chi connectivity index (χ1n) is 7.10. The molecule has 0 N–H and O–H groups in total. The van der Waals surface area contributed by atoms with Crippen molar-refractivity contribution in [1.82, 2.24) is 0 Å². The van der Waals surface area contributed by atoms with Crippen LogP contribution in [0.25, 0.3) is 6.08 Å². The number of halogens is 1. The van der Waals surface area contributed by atoms with Crippen LogP contribution in [0, 0.1) is 3.57 Å². The van der Waals surface area contributed by atoms with Gasteiger partial charge in [0.05, 0.1) is 24.1 Å². The Labute approximate surface area is 148 Å². The van der Waals surface area contributed by atoms with Gasteiger partial charge in [-0.1, -0.05) is 12.1 Å². The Morgan fingerprint density at radius 2 is 1.91 bits per heavy atom. The lowest BCUT2D eigenvalue weighted by atomic mass is 10.1. The number of hydrogen-bond donors (Lipinski definition) is 0. The predicted molar refractivity (Wildman–Crippen MR) is 101 cm³/mol. The SMILES string of the molecule is COc1cccc(/C=C2\C(=O)N(c3ccc(I)cc3)N=C2C)c1. The molecule has 0 aliphatic carbocycles. The van der Waals surface area contributed by atoms with Gasteiger partial charge in [-0.3, -0.25) is 4.79 Å². The standard InChI is InChI=1S/C18H15IN2O2/c1-12-17(11-13-4-3-5-16(10-13)23-2)18(22)21(20-12)15-8-6-14(19)7-9-15/h3-11H,1-2H3/b17-11-. The molecule has 0 atom stereocenters. The quantitative estimate of drug-likeness (QED) is 0.557. The fourth-order valence-corrected chi connectivity index (χ4v) is 2.70. The van der Waals surface area contributed by atoms with Crippen LogP contribution in [0.4, 0.5) is 5.69 Å². The molecule has 0 spiro atoms. The summed E-state index contributed by atoms with van der Waals surface area (Å²) in [5, 5.41) is 5.83. The molecule has 2 aromatic carbocycles. The molecule has 0 radical (unpaired) electrons. The van der Waals surface area contributed by atoms with E-state index in [1.165, 1.54) is 5.01 Å². The molecule has 0 fully saturated rings. The lowest BCUT2D eigenvalue weighted by Crippen LogP contribution is -2.21. The van der Waals surface area contributed by atoms with E-state index in [2.05, 4.69) is 27.7 Å². The van der Waals surface area contributed by atoms with E-state index < -0.39 is 0 Å². The molecule has 3 rings (SSSR count). The summed E-state index contributed by atoms with van der Waals surface area (Å²) in [6.07, 6.45) is 1.84. The molecule has 0 aromatic heterocycles. The number of anilines is 1. The van der Waals surface area contributed by atoms with Gasteiger partial charge in [0.15, 0.2) is 0 Å². The van der Waals surface area contributed by atoms with Gasteiger partial charge in [0.2, 0.25) is 0 Å². The van der Waals surface area contributed by atoms with Crippen molar-refractivity contribution in [3.63, 3.8) is 0 Å². The second-order valence-corrected chi connectivity index (χ2v) is 6.36. The van der Waals surface area contributed by atoms with Gasteiger partial charge in [-0.15, -0.1) is 0 Å². The second kappa shape index (κ2) is 6.54. The maximum atomic E-state index is 12.7. The van der Waals surface area contributed by atoms with Gasteiger partial charge in [-0.2, -0.15) is 10.1 Å². The van der Waals surface area contributed by atoms with Crippen LogP contribution in [-0.4, -0.2) is 18.7 Å². The zero-order valence-corrected chi connectivity index (χ0v) is 14.9. The summed E-state index contributed by atoms with van der Waals surface area (Å²) in [5.74, 6) is 0.639. The summed E-state index contributed by atoms with van der Waals surface area (Å²) in [6, 6.07) is 15.3. The lowest BCUT2D eigenvalue weighted by Gasteiger charge is -2.11. The van der Waals surface area contributed by atoms with E-state index in [4.69, 9.17) is 4.74 Å². The Hall–Kier alpha value is -2.15. The van der Waals surface area contributed by atoms with E-state index in [-0.39, 0.29) is 5.91 Å². The van der Waals surface area contributed by atoms with Gasteiger partial charge < -0.3 is 4.74 Å². The van der Waals surface area contributed by atoms with Gasteiger partial charge in [0, 0.05) is 3.57 Å². The maximum absolute atomic E-state index is 12.7. The lowest BCUT2D eigenvalue weighted by molar-refractivity contribution is -0.114. The summed E-state index contributed by atoms with van der Waals surface area (Å²) < 4.78 is 6.34. The van der Waals surface area contributed by atoms with Crippen molar-refractivity contribution < 1.29 is 9.53 Å². The maximum Gasteiger partial charge on any atom is 0.280 e. The van der Waals surface area contributed by atoms with Crippen LogP contribution >= 0.6 is 22.6 Å². The Bertz CT molecular complexity index is 810. The van der Waals surface area contributed by atoms with E-state index >= 15 is 0 Å². The topological polar surface area (TPSA) is 41.9 Å². The van der Waals surface area contributed by atoms with Crippen molar-refractivity contribution in [1.29, 1.82) is 0 Å². The van der Waals surface area contributed by atoms with Gasteiger partial charge in [-0.05, 0) is 77.6 Å². The molecule has 2 aromatic rings. The zero-order valence-electron chi connectivity index (χ0n) is 12.8. The number of amides is 1. The van der Waals surface area contributed by atoms with Crippen molar-refractivity contribution in [3.05, 3.63) is 63.2 Å². The molecule has 0 saturated carbocycles. The van der Waals surface area contributed by atoms with Crippen molar-refractivity contribution in [2.24, 2.45) is 5.10 Å². The molecule has 0 unspecified atom stereocenters. The Kier molecular flexibility index (Phi) is 4.47. The van der Waals surface area contributed by atoms with E-state index in [1.807, 2.05) is 61.5 Å². The smallest absolute Gasteiger partial charge is 0.280 e. The molecule has 23 heavy (non-hydrogen) atoms. The number of carbonyl (C=O) groups excluding carboxylic acids is 1. The highest BCUT2D eigenvalue weighted by atomic mass is 127. The molecule has 1 aliphatic rings. The number of benzene rings is 2. The number of methoxy groups -OCH3 is 1. The van der Waals surface area contributed by atoms with E-state index in [0.29, 0.717) is 11.3 Å². The number of carbonyl (C=O) groups is 1. The third kappa shape index (κ3) is 3.29. The third-order valence-corrected chi connectivity index (χ3v) is 4.26. The van der Waals surface area contributed by atoms with E-state index in [9.17, 15) is 4.79 Å². The largest absolute Gasteiger partial charge is 0.497 e. The normalized spacial score (nSPS) is 16.0. The first-order valence-corrected chi connectivity index (χ1v) is 8.18. The number of rotatable bonds is 3. The van der Waals surface area contributed by atoms with Crippen LogP contribution in [0.15, 0.2) is 59.2 Å². The van der Waals surface area contributed by atoms with Crippen molar-refractivity contribution >= 4 is 46.0 Å². The monoisotopic (exact) mass is 418 g/mol. The zero-order chi connectivity index (χ0) is 16.4. The van der Waals surface area contributed by atoms with E-state index in [0.717, 1.165) is 20.6 Å². The molecule has 5 heteroatoms. The van der Waals surface area contributed by atoms with Gasteiger partial charge >= 0.3 is 0 Å². The first-order chi connectivity index (χ1) is 11.1. The minimum Gasteiger partial charge on any atom is -0.497 e. The van der Waals surface area contributed by atoms with Crippen molar-refractivity contribution in [2.45, 2.75) is 6.92 Å². The fourth-order valence-electron chi connectivity index (χ4n) is 2.34. The van der Waals surface area contributed by atoms with Crippen LogP contribution < -0.4 is 9.75 Å². The third-order valence-electron chi connectivity index (χ3n) is 3.54. The summed E-state index contributed by atoms with van der Waals surface area (Å²) >= 11 is 2.23. The molecule has 1 amide bonds.